The molecule has 12 heteroatoms. The van der Waals surface area contributed by atoms with Crippen LogP contribution in [0.15, 0.2) is 65.8 Å². The topological polar surface area (TPSA) is 127 Å². The van der Waals surface area contributed by atoms with Gasteiger partial charge in [0.1, 0.15) is 5.75 Å². The van der Waals surface area contributed by atoms with Gasteiger partial charge in [0.25, 0.3) is 5.91 Å². The Hall–Kier alpha value is -4.28. The van der Waals surface area contributed by atoms with Gasteiger partial charge in [-0.2, -0.15) is 5.10 Å². The van der Waals surface area contributed by atoms with Gasteiger partial charge in [0.2, 0.25) is 0 Å². The van der Waals surface area contributed by atoms with Crippen LogP contribution in [0.2, 0.25) is 10.0 Å². The maximum absolute atomic E-state index is 12.2. The molecule has 204 valence electrons. The molecule has 0 atom stereocenters. The predicted octanol–water partition coefficient (Wildman–Crippen LogP) is 3.84. The number of rotatable bonds is 11. The molecule has 0 aliphatic carbocycles. The highest BCUT2D eigenvalue weighted by molar-refractivity contribution is 6.36. The van der Waals surface area contributed by atoms with Crippen LogP contribution in [0, 0.1) is 0 Å². The number of carbonyl (C=O) groups is 3. The number of hydrazone groups is 1. The molecule has 0 aromatic heterocycles. The normalized spacial score (nSPS) is 10.6. The molecule has 3 rings (SSSR count). The Labute approximate surface area is 235 Å². The van der Waals surface area contributed by atoms with Crippen LogP contribution in [-0.4, -0.2) is 51.3 Å². The van der Waals surface area contributed by atoms with Crippen molar-refractivity contribution in [3.63, 3.8) is 0 Å². The highest BCUT2D eigenvalue weighted by Crippen LogP contribution is 2.27. The standard InChI is InChI=1S/C27H26Cl2N4O6/c1-37-23-9-6-17(13-24(23)38-2)10-11-30-26(35)27(36)33-31-15-18-4-3-5-20(12-18)39-16-25(34)32-22-8-7-19(28)14-21(22)29/h3-9,12-15H,10-11,16H2,1-2H3,(H,30,35)(H,32,34)(H,33,36)/b31-15-. The zero-order valence-corrected chi connectivity index (χ0v) is 22.6. The summed E-state index contributed by atoms with van der Waals surface area (Å²) in [5.74, 6) is -0.572. The van der Waals surface area contributed by atoms with E-state index in [1.807, 2.05) is 6.07 Å². The lowest BCUT2D eigenvalue weighted by Gasteiger charge is -2.10. The number of hydrogen-bond acceptors (Lipinski definition) is 7. The van der Waals surface area contributed by atoms with Gasteiger partial charge in [-0.3, -0.25) is 14.4 Å². The van der Waals surface area contributed by atoms with Crippen LogP contribution in [-0.2, 0) is 20.8 Å². The zero-order chi connectivity index (χ0) is 28.2. The average molecular weight is 573 g/mol. The fraction of sp³-hybridized carbons (Fsp3) is 0.185. The van der Waals surface area contributed by atoms with Gasteiger partial charge >= 0.3 is 11.8 Å². The first kappa shape index (κ1) is 29.3. The van der Waals surface area contributed by atoms with Gasteiger partial charge in [-0.05, 0) is 60.0 Å². The summed E-state index contributed by atoms with van der Waals surface area (Å²) in [6.07, 6.45) is 1.83. The van der Waals surface area contributed by atoms with E-state index in [4.69, 9.17) is 37.4 Å². The van der Waals surface area contributed by atoms with Crippen molar-refractivity contribution in [3.05, 3.63) is 81.8 Å². The van der Waals surface area contributed by atoms with E-state index < -0.39 is 17.7 Å². The molecule has 0 unspecified atom stereocenters. The van der Waals surface area contributed by atoms with Crippen LogP contribution in [0.4, 0.5) is 5.69 Å². The Kier molecular flexibility index (Phi) is 11.0. The first-order valence-corrected chi connectivity index (χ1v) is 12.3. The summed E-state index contributed by atoms with van der Waals surface area (Å²) in [7, 11) is 3.09. The van der Waals surface area contributed by atoms with Crippen molar-refractivity contribution in [2.45, 2.75) is 6.42 Å². The summed E-state index contributed by atoms with van der Waals surface area (Å²) in [5, 5.41) is 9.74. The Balaban J connectivity index is 1.42. The molecule has 10 nitrogen and oxygen atoms in total. The quantitative estimate of drug-likeness (QED) is 0.182. The number of ether oxygens (including phenoxy) is 3. The summed E-state index contributed by atoms with van der Waals surface area (Å²) in [6, 6.07) is 16.8. The second kappa shape index (κ2) is 14.6. The molecule has 3 aromatic carbocycles. The van der Waals surface area contributed by atoms with Crippen molar-refractivity contribution >= 4 is 52.8 Å². The highest BCUT2D eigenvalue weighted by atomic mass is 35.5. The fourth-order valence-corrected chi connectivity index (χ4v) is 3.72. The third-order valence-corrected chi connectivity index (χ3v) is 5.71. The van der Waals surface area contributed by atoms with Crippen LogP contribution in [0.5, 0.6) is 17.2 Å². The third kappa shape index (κ3) is 9.20. The lowest BCUT2D eigenvalue weighted by Crippen LogP contribution is -2.38. The van der Waals surface area contributed by atoms with Gasteiger partial charge in [0, 0.05) is 11.6 Å². The molecule has 0 aliphatic heterocycles. The minimum Gasteiger partial charge on any atom is -0.493 e. The molecule has 0 spiro atoms. The Morgan fingerprint density at radius 1 is 0.923 bits per heavy atom. The number of hydrogen-bond donors (Lipinski definition) is 3. The number of halogens is 2. The summed E-state index contributed by atoms with van der Waals surface area (Å²) < 4.78 is 16.0. The van der Waals surface area contributed by atoms with E-state index in [1.54, 1.807) is 55.6 Å². The average Bonchev–Trinajstić information content (AvgIpc) is 2.93. The molecular weight excluding hydrogens is 547 g/mol. The molecule has 0 bridgehead atoms. The molecule has 3 N–H and O–H groups in total. The maximum atomic E-state index is 12.2. The van der Waals surface area contributed by atoms with Crippen molar-refractivity contribution in [1.82, 2.24) is 10.7 Å². The van der Waals surface area contributed by atoms with Crippen molar-refractivity contribution in [2.24, 2.45) is 5.10 Å². The van der Waals surface area contributed by atoms with Gasteiger partial charge in [-0.15, -0.1) is 0 Å². The van der Waals surface area contributed by atoms with E-state index >= 15 is 0 Å². The molecule has 39 heavy (non-hydrogen) atoms. The molecular formula is C27H26Cl2N4O6. The first-order chi connectivity index (χ1) is 18.8. The Bertz CT molecular complexity index is 1370. The zero-order valence-electron chi connectivity index (χ0n) is 21.1. The molecule has 0 radical (unpaired) electrons. The van der Waals surface area contributed by atoms with Crippen LogP contribution in [0.25, 0.3) is 0 Å². The van der Waals surface area contributed by atoms with Crippen molar-refractivity contribution < 1.29 is 28.6 Å². The maximum Gasteiger partial charge on any atom is 0.329 e. The summed E-state index contributed by atoms with van der Waals surface area (Å²) in [5.41, 5.74) is 4.06. The number of carbonyl (C=O) groups excluding carboxylic acids is 3. The molecule has 0 fully saturated rings. The minimum atomic E-state index is -0.913. The predicted molar refractivity (Wildman–Crippen MR) is 149 cm³/mol. The number of nitrogens with zero attached hydrogens (tertiary/aromatic N) is 1. The number of benzene rings is 3. The van der Waals surface area contributed by atoms with Crippen LogP contribution in [0.3, 0.4) is 0 Å². The van der Waals surface area contributed by atoms with E-state index in [0.717, 1.165) is 5.56 Å². The Morgan fingerprint density at radius 2 is 1.72 bits per heavy atom. The van der Waals surface area contributed by atoms with Gasteiger partial charge in [0.05, 0.1) is 31.1 Å². The van der Waals surface area contributed by atoms with E-state index in [9.17, 15) is 14.4 Å². The minimum absolute atomic E-state index is 0.239. The number of methoxy groups -OCH3 is 2. The van der Waals surface area contributed by atoms with Gasteiger partial charge in [-0.1, -0.05) is 41.4 Å². The van der Waals surface area contributed by atoms with Crippen LogP contribution < -0.4 is 30.3 Å². The van der Waals surface area contributed by atoms with Crippen molar-refractivity contribution in [2.75, 3.05) is 32.7 Å². The molecule has 3 amide bonds. The van der Waals surface area contributed by atoms with E-state index in [1.165, 1.54) is 19.4 Å². The van der Waals surface area contributed by atoms with E-state index in [2.05, 4.69) is 21.2 Å². The number of nitrogens with one attached hydrogen (secondary N) is 3. The van der Waals surface area contributed by atoms with Crippen LogP contribution in [0.1, 0.15) is 11.1 Å². The third-order valence-electron chi connectivity index (χ3n) is 5.17. The highest BCUT2D eigenvalue weighted by Gasteiger charge is 2.12. The first-order valence-electron chi connectivity index (χ1n) is 11.6. The molecule has 3 aromatic rings. The second-order valence-corrected chi connectivity index (χ2v) is 8.77. The van der Waals surface area contributed by atoms with E-state index in [0.29, 0.717) is 45.0 Å². The summed E-state index contributed by atoms with van der Waals surface area (Å²) in [4.78, 5) is 36.3. The summed E-state index contributed by atoms with van der Waals surface area (Å²) in [6.45, 7) is -0.0254. The molecule has 0 saturated carbocycles. The molecule has 0 heterocycles. The van der Waals surface area contributed by atoms with Crippen molar-refractivity contribution in [3.8, 4) is 17.2 Å². The lowest BCUT2D eigenvalue weighted by atomic mass is 10.1. The number of amides is 3. The summed E-state index contributed by atoms with van der Waals surface area (Å²) >= 11 is 11.9. The van der Waals surface area contributed by atoms with Crippen LogP contribution >= 0.6 is 23.2 Å². The van der Waals surface area contributed by atoms with E-state index in [-0.39, 0.29) is 13.2 Å². The smallest absolute Gasteiger partial charge is 0.329 e. The van der Waals surface area contributed by atoms with Gasteiger partial charge < -0.3 is 24.8 Å². The number of anilines is 1. The monoisotopic (exact) mass is 572 g/mol. The van der Waals surface area contributed by atoms with Crippen molar-refractivity contribution in [1.29, 1.82) is 0 Å². The largest absolute Gasteiger partial charge is 0.493 e. The Morgan fingerprint density at radius 3 is 2.46 bits per heavy atom. The molecule has 0 saturated heterocycles. The SMILES string of the molecule is COc1ccc(CCNC(=O)C(=O)N/N=C\c2cccc(OCC(=O)Nc3ccc(Cl)cc3Cl)c2)cc1OC. The van der Waals surface area contributed by atoms with Gasteiger partial charge in [0.15, 0.2) is 18.1 Å². The molecule has 0 aliphatic rings. The fourth-order valence-electron chi connectivity index (χ4n) is 3.26. The van der Waals surface area contributed by atoms with Gasteiger partial charge in [-0.25, -0.2) is 5.43 Å². The second-order valence-electron chi connectivity index (χ2n) is 7.93. The lowest BCUT2D eigenvalue weighted by molar-refractivity contribution is -0.139.